The number of sulfonamides is 1. The van der Waals surface area contributed by atoms with Crippen LogP contribution < -0.4 is 14.8 Å². The highest BCUT2D eigenvalue weighted by Gasteiger charge is 2.37. The number of anilines is 1. The van der Waals surface area contributed by atoms with E-state index in [1.165, 1.54) is 7.11 Å². The molecule has 2 unspecified atom stereocenters. The maximum Gasteiger partial charge on any atom is 0.236 e. The second kappa shape index (κ2) is 6.78. The summed E-state index contributed by atoms with van der Waals surface area (Å²) < 4.78 is 38.4. The molecule has 1 fully saturated rings. The third-order valence-electron chi connectivity index (χ3n) is 3.94. The lowest BCUT2D eigenvalue weighted by atomic mass is 10.2. The molecular weight excluding hydrogens is 332 g/mol. The molecule has 0 amide bonds. The Hall–Kier alpha value is -2.13. The van der Waals surface area contributed by atoms with Crippen molar-refractivity contribution in [2.75, 3.05) is 18.4 Å². The molecule has 3 rings (SSSR count). The molecule has 0 radical (unpaired) electrons. The second-order valence-electron chi connectivity index (χ2n) is 5.59. The van der Waals surface area contributed by atoms with Crippen LogP contribution in [-0.4, -0.2) is 37.5 Å². The molecule has 1 aromatic heterocycles. The number of methoxy groups -OCH3 is 1. The standard InChI is InChI=1S/C15H20N4O4S/c1-3-14-17-18-15(23-14)13-8-12(9-16-13)24(20,21)19-10-5-4-6-11(7-10)22-2/h4-7,12-13,16,19H,3,8-9H2,1-2H3. The van der Waals surface area contributed by atoms with Crippen LogP contribution in [0.15, 0.2) is 28.7 Å². The van der Waals surface area contributed by atoms with E-state index < -0.39 is 15.3 Å². The molecule has 2 aromatic rings. The van der Waals surface area contributed by atoms with Crippen molar-refractivity contribution in [3.05, 3.63) is 36.0 Å². The Morgan fingerprint density at radius 2 is 2.25 bits per heavy atom. The molecule has 2 N–H and O–H groups in total. The van der Waals surface area contributed by atoms with Crippen LogP contribution in [0.4, 0.5) is 5.69 Å². The number of aromatic nitrogens is 2. The highest BCUT2D eigenvalue weighted by atomic mass is 32.2. The summed E-state index contributed by atoms with van der Waals surface area (Å²) in [5.41, 5.74) is 0.476. The third kappa shape index (κ3) is 3.51. The highest BCUT2D eigenvalue weighted by Crippen LogP contribution is 2.28. The summed E-state index contributed by atoms with van der Waals surface area (Å²) in [4.78, 5) is 0. The van der Waals surface area contributed by atoms with Gasteiger partial charge in [0.1, 0.15) is 5.75 Å². The van der Waals surface area contributed by atoms with Crippen molar-refractivity contribution in [3.63, 3.8) is 0 Å². The predicted molar refractivity (Wildman–Crippen MR) is 88.4 cm³/mol. The molecule has 0 saturated carbocycles. The van der Waals surface area contributed by atoms with Gasteiger partial charge in [0.15, 0.2) is 0 Å². The highest BCUT2D eigenvalue weighted by molar-refractivity contribution is 7.93. The van der Waals surface area contributed by atoms with Gasteiger partial charge in [-0.2, -0.15) is 0 Å². The molecule has 2 atom stereocenters. The molecule has 9 heteroatoms. The number of hydrogen-bond acceptors (Lipinski definition) is 7. The Balaban J connectivity index is 1.69. The van der Waals surface area contributed by atoms with E-state index in [0.717, 1.165) is 0 Å². The van der Waals surface area contributed by atoms with Gasteiger partial charge < -0.3 is 14.5 Å². The van der Waals surface area contributed by atoms with Crippen molar-refractivity contribution in [3.8, 4) is 5.75 Å². The van der Waals surface area contributed by atoms with E-state index in [0.29, 0.717) is 42.6 Å². The van der Waals surface area contributed by atoms with E-state index in [-0.39, 0.29) is 6.04 Å². The van der Waals surface area contributed by atoms with Crippen molar-refractivity contribution in [2.24, 2.45) is 0 Å². The zero-order valence-corrected chi connectivity index (χ0v) is 14.3. The monoisotopic (exact) mass is 352 g/mol. The maximum absolute atomic E-state index is 12.6. The molecule has 1 aliphatic rings. The SMILES string of the molecule is CCc1nnc(C2CC(S(=O)(=O)Nc3cccc(OC)c3)CN2)o1. The fraction of sp³-hybridized carbons (Fsp3) is 0.467. The van der Waals surface area contributed by atoms with Crippen molar-refractivity contribution >= 4 is 15.7 Å². The van der Waals surface area contributed by atoms with E-state index in [9.17, 15) is 8.42 Å². The lowest BCUT2D eigenvalue weighted by molar-refractivity contribution is 0.405. The van der Waals surface area contributed by atoms with Gasteiger partial charge in [0.2, 0.25) is 21.8 Å². The van der Waals surface area contributed by atoms with Crippen LogP contribution in [0.3, 0.4) is 0 Å². The molecule has 0 spiro atoms. The summed E-state index contributed by atoms with van der Waals surface area (Å²) in [5.74, 6) is 1.58. The van der Waals surface area contributed by atoms with Gasteiger partial charge in [0, 0.05) is 19.0 Å². The van der Waals surface area contributed by atoms with Gasteiger partial charge in [-0.05, 0) is 18.6 Å². The fourth-order valence-corrected chi connectivity index (χ4v) is 4.00. The average molecular weight is 352 g/mol. The molecule has 0 aliphatic carbocycles. The molecule has 130 valence electrons. The first-order valence-corrected chi connectivity index (χ1v) is 9.27. The largest absolute Gasteiger partial charge is 0.497 e. The summed E-state index contributed by atoms with van der Waals surface area (Å²) >= 11 is 0. The van der Waals surface area contributed by atoms with Crippen LogP contribution in [0, 0.1) is 0 Å². The van der Waals surface area contributed by atoms with Gasteiger partial charge in [-0.3, -0.25) is 4.72 Å². The van der Waals surface area contributed by atoms with Gasteiger partial charge in [-0.25, -0.2) is 8.42 Å². The molecule has 24 heavy (non-hydrogen) atoms. The minimum Gasteiger partial charge on any atom is -0.497 e. The number of nitrogens with one attached hydrogen (secondary N) is 2. The molecule has 0 bridgehead atoms. The number of rotatable bonds is 6. The lowest BCUT2D eigenvalue weighted by Crippen LogP contribution is -2.29. The molecule has 2 heterocycles. The van der Waals surface area contributed by atoms with Gasteiger partial charge in [-0.15, -0.1) is 10.2 Å². The zero-order chi connectivity index (χ0) is 17.2. The third-order valence-corrected chi connectivity index (χ3v) is 5.70. The van der Waals surface area contributed by atoms with Crippen LogP contribution in [0.2, 0.25) is 0 Å². The van der Waals surface area contributed by atoms with Crippen LogP contribution in [0.5, 0.6) is 5.75 Å². The molecule has 1 aromatic carbocycles. The van der Waals surface area contributed by atoms with Gasteiger partial charge in [0.05, 0.1) is 24.1 Å². The first-order valence-electron chi connectivity index (χ1n) is 7.73. The van der Waals surface area contributed by atoms with Gasteiger partial charge >= 0.3 is 0 Å². The normalized spacial score (nSPS) is 20.9. The number of benzene rings is 1. The second-order valence-corrected chi connectivity index (χ2v) is 7.55. The van der Waals surface area contributed by atoms with Crippen molar-refractivity contribution in [1.82, 2.24) is 15.5 Å². The topological polar surface area (TPSA) is 106 Å². The molecule has 1 aliphatic heterocycles. The lowest BCUT2D eigenvalue weighted by Gasteiger charge is -2.13. The van der Waals surface area contributed by atoms with E-state index in [1.54, 1.807) is 24.3 Å². The van der Waals surface area contributed by atoms with Gasteiger partial charge in [0.25, 0.3) is 0 Å². The van der Waals surface area contributed by atoms with E-state index in [4.69, 9.17) is 9.15 Å². The van der Waals surface area contributed by atoms with Crippen LogP contribution >= 0.6 is 0 Å². The van der Waals surface area contributed by atoms with Crippen LogP contribution in [0.1, 0.15) is 31.2 Å². The van der Waals surface area contributed by atoms with E-state index in [1.807, 2.05) is 6.92 Å². The Kier molecular flexibility index (Phi) is 4.72. The zero-order valence-electron chi connectivity index (χ0n) is 13.5. The first kappa shape index (κ1) is 16.7. The van der Waals surface area contributed by atoms with E-state index in [2.05, 4.69) is 20.2 Å². The van der Waals surface area contributed by atoms with Crippen molar-refractivity contribution in [1.29, 1.82) is 0 Å². The first-order chi connectivity index (χ1) is 11.5. The Bertz CT molecular complexity index is 805. The minimum atomic E-state index is -3.54. The summed E-state index contributed by atoms with van der Waals surface area (Å²) in [6.07, 6.45) is 1.03. The summed E-state index contributed by atoms with van der Waals surface area (Å²) in [7, 11) is -2.00. The van der Waals surface area contributed by atoms with Crippen LogP contribution in [-0.2, 0) is 16.4 Å². The fourth-order valence-electron chi connectivity index (χ4n) is 2.61. The summed E-state index contributed by atoms with van der Waals surface area (Å²) in [6, 6.07) is 6.57. The Morgan fingerprint density at radius 1 is 1.42 bits per heavy atom. The van der Waals surface area contributed by atoms with Crippen LogP contribution in [0.25, 0.3) is 0 Å². The molecular formula is C15H20N4O4S. The predicted octanol–water partition coefficient (Wildman–Crippen LogP) is 1.49. The smallest absolute Gasteiger partial charge is 0.236 e. The molecule has 8 nitrogen and oxygen atoms in total. The maximum atomic E-state index is 12.6. The average Bonchev–Trinajstić information content (AvgIpc) is 3.23. The van der Waals surface area contributed by atoms with Gasteiger partial charge in [-0.1, -0.05) is 13.0 Å². The Labute approximate surface area is 140 Å². The number of aryl methyl sites for hydroxylation is 1. The quantitative estimate of drug-likeness (QED) is 0.811. The summed E-state index contributed by atoms with van der Waals surface area (Å²) in [6.45, 7) is 2.25. The number of ether oxygens (including phenoxy) is 1. The Morgan fingerprint density at radius 3 is 2.96 bits per heavy atom. The number of nitrogens with zero attached hydrogens (tertiary/aromatic N) is 2. The summed E-state index contributed by atoms with van der Waals surface area (Å²) in [5, 5.41) is 10.5. The minimum absolute atomic E-state index is 0.246. The molecule has 1 saturated heterocycles. The van der Waals surface area contributed by atoms with Crippen molar-refractivity contribution in [2.45, 2.75) is 31.1 Å². The number of hydrogen-bond donors (Lipinski definition) is 2. The van der Waals surface area contributed by atoms with Crippen molar-refractivity contribution < 1.29 is 17.6 Å². The van der Waals surface area contributed by atoms with E-state index >= 15 is 0 Å².